The number of alkyl halides is 4. The van der Waals surface area contributed by atoms with Crippen LogP contribution in [0.25, 0.3) is 0 Å². The molecular formula is C13H14Cl5NOS. The summed E-state index contributed by atoms with van der Waals surface area (Å²) in [5.41, 5.74) is 0. The Morgan fingerprint density at radius 1 is 1.10 bits per heavy atom. The Balaban J connectivity index is 2.76. The molecule has 0 saturated heterocycles. The van der Waals surface area contributed by atoms with Gasteiger partial charge in [0.25, 0.3) is 5.24 Å². The molecule has 0 fully saturated rings. The summed E-state index contributed by atoms with van der Waals surface area (Å²) in [5, 5.41) is -0.353. The summed E-state index contributed by atoms with van der Waals surface area (Å²) in [6.45, 7) is 0.614. The van der Waals surface area contributed by atoms with Crippen LogP contribution in [-0.4, -0.2) is 45.7 Å². The third kappa shape index (κ3) is 7.06. The van der Waals surface area contributed by atoms with Crippen molar-refractivity contribution in [2.75, 3.05) is 24.8 Å². The van der Waals surface area contributed by atoms with E-state index in [1.54, 1.807) is 23.1 Å². The second-order valence-corrected chi connectivity index (χ2v) is 7.46. The van der Waals surface area contributed by atoms with Crippen molar-refractivity contribution >= 4 is 75.0 Å². The first-order valence-electron chi connectivity index (χ1n) is 6.09. The van der Waals surface area contributed by atoms with Crippen molar-refractivity contribution in [3.05, 3.63) is 29.3 Å². The van der Waals surface area contributed by atoms with Gasteiger partial charge in [-0.2, -0.15) is 0 Å². The summed E-state index contributed by atoms with van der Waals surface area (Å²) in [6, 6.07) is 7.13. The van der Waals surface area contributed by atoms with Crippen molar-refractivity contribution in [2.45, 2.75) is 15.6 Å². The summed E-state index contributed by atoms with van der Waals surface area (Å²) in [6.07, 6.45) is 0. The molecule has 1 rings (SSSR count). The monoisotopic (exact) mass is 407 g/mol. The smallest absolute Gasteiger partial charge is 0.286 e. The fourth-order valence-corrected chi connectivity index (χ4v) is 3.04. The Labute approximate surface area is 154 Å². The first-order valence-corrected chi connectivity index (χ1v) is 9.23. The Morgan fingerprint density at radius 2 is 1.62 bits per heavy atom. The maximum absolute atomic E-state index is 12.4. The zero-order valence-electron chi connectivity index (χ0n) is 10.9. The molecule has 1 aromatic rings. The number of nitrogens with zero attached hydrogens (tertiary/aromatic N) is 1. The van der Waals surface area contributed by atoms with E-state index in [9.17, 15) is 4.79 Å². The predicted molar refractivity (Wildman–Crippen MR) is 95.0 cm³/mol. The van der Waals surface area contributed by atoms with E-state index in [1.807, 2.05) is 6.07 Å². The Kier molecular flexibility index (Phi) is 9.58. The van der Waals surface area contributed by atoms with Crippen LogP contribution in [0.1, 0.15) is 0 Å². The van der Waals surface area contributed by atoms with Gasteiger partial charge in [0.1, 0.15) is 0 Å². The van der Waals surface area contributed by atoms with Gasteiger partial charge in [0.2, 0.25) is 0 Å². The van der Waals surface area contributed by atoms with Crippen LogP contribution < -0.4 is 0 Å². The number of benzene rings is 1. The second kappa shape index (κ2) is 10.3. The van der Waals surface area contributed by atoms with Gasteiger partial charge in [0.15, 0.2) is 0 Å². The van der Waals surface area contributed by atoms with E-state index < -0.39 is 0 Å². The highest BCUT2D eigenvalue weighted by molar-refractivity contribution is 8.13. The lowest BCUT2D eigenvalue weighted by molar-refractivity contribution is 0.224. The van der Waals surface area contributed by atoms with E-state index in [4.69, 9.17) is 58.0 Å². The first kappa shape index (κ1) is 19.5. The molecule has 0 aromatic heterocycles. The van der Waals surface area contributed by atoms with Crippen LogP contribution in [0.2, 0.25) is 5.02 Å². The summed E-state index contributed by atoms with van der Waals surface area (Å²) >= 11 is 30.5. The highest BCUT2D eigenvalue weighted by atomic mass is 35.5. The number of rotatable bonds is 7. The molecule has 0 aliphatic carbocycles. The van der Waals surface area contributed by atoms with Gasteiger partial charge in [-0.05, 0) is 23.9 Å². The summed E-state index contributed by atoms with van der Waals surface area (Å²) < 4.78 is 0. The van der Waals surface area contributed by atoms with Gasteiger partial charge in [-0.25, -0.2) is 0 Å². The molecule has 1 amide bonds. The topological polar surface area (TPSA) is 20.3 Å². The molecular weight excluding hydrogens is 395 g/mol. The largest absolute Gasteiger partial charge is 0.330 e. The Bertz CT molecular complexity index is 450. The number of halogens is 5. The van der Waals surface area contributed by atoms with E-state index in [0.717, 1.165) is 11.8 Å². The molecule has 21 heavy (non-hydrogen) atoms. The number of amides is 1. The summed E-state index contributed by atoms with van der Waals surface area (Å²) in [7, 11) is 0. The molecule has 0 N–H and O–H groups in total. The van der Waals surface area contributed by atoms with Gasteiger partial charge in [0, 0.05) is 29.7 Å². The standard InChI is InChI=1S/C13H14Cl5NOS/c14-5-9(16)7-19(8-10(17)6-15)13(20)21-12-4-2-1-3-11(12)18/h1-4,9-10H,5-8H2. The summed E-state index contributed by atoms with van der Waals surface area (Å²) in [5.74, 6) is 0.492. The number of carbonyl (C=O) groups is 1. The minimum Gasteiger partial charge on any atom is -0.330 e. The first-order chi connectivity index (χ1) is 9.97. The Hall–Kier alpha value is 0.490. The van der Waals surface area contributed by atoms with E-state index in [-0.39, 0.29) is 27.8 Å². The van der Waals surface area contributed by atoms with Crippen molar-refractivity contribution < 1.29 is 4.79 Å². The summed E-state index contributed by atoms with van der Waals surface area (Å²) in [4.78, 5) is 14.6. The molecule has 0 aliphatic rings. The van der Waals surface area contributed by atoms with E-state index in [2.05, 4.69) is 0 Å². The molecule has 0 heterocycles. The Morgan fingerprint density at radius 3 is 2.10 bits per heavy atom. The predicted octanol–water partition coefficient (Wildman–Crippen LogP) is 5.55. The molecule has 0 spiro atoms. The zero-order chi connectivity index (χ0) is 15.8. The van der Waals surface area contributed by atoms with Crippen LogP contribution in [0.3, 0.4) is 0 Å². The average molecular weight is 410 g/mol. The molecule has 8 heteroatoms. The maximum Gasteiger partial charge on any atom is 0.286 e. The van der Waals surface area contributed by atoms with Crippen molar-refractivity contribution in [2.24, 2.45) is 0 Å². The highest BCUT2D eigenvalue weighted by Crippen LogP contribution is 2.29. The van der Waals surface area contributed by atoms with Gasteiger partial charge in [-0.1, -0.05) is 23.7 Å². The van der Waals surface area contributed by atoms with Gasteiger partial charge in [-0.15, -0.1) is 46.4 Å². The van der Waals surface area contributed by atoms with Crippen molar-refractivity contribution in [3.8, 4) is 0 Å². The van der Waals surface area contributed by atoms with Crippen LogP contribution >= 0.6 is 69.8 Å². The van der Waals surface area contributed by atoms with Crippen LogP contribution in [0, 0.1) is 0 Å². The SMILES string of the molecule is O=C(Sc1ccccc1Cl)N(CC(Cl)CCl)CC(Cl)CCl. The van der Waals surface area contributed by atoms with Crippen LogP contribution in [-0.2, 0) is 0 Å². The molecule has 0 aliphatic heterocycles. The number of hydrogen-bond acceptors (Lipinski definition) is 2. The van der Waals surface area contributed by atoms with Gasteiger partial charge in [0.05, 0.1) is 15.8 Å². The fourth-order valence-electron chi connectivity index (χ4n) is 1.49. The minimum atomic E-state index is -0.346. The number of carbonyl (C=O) groups excluding carboxylic acids is 1. The van der Waals surface area contributed by atoms with Crippen molar-refractivity contribution in [3.63, 3.8) is 0 Å². The lowest BCUT2D eigenvalue weighted by Crippen LogP contribution is -2.38. The quantitative estimate of drug-likeness (QED) is 0.435. The van der Waals surface area contributed by atoms with Crippen molar-refractivity contribution in [1.29, 1.82) is 0 Å². The van der Waals surface area contributed by atoms with Gasteiger partial charge < -0.3 is 4.90 Å². The molecule has 2 unspecified atom stereocenters. The highest BCUT2D eigenvalue weighted by Gasteiger charge is 2.21. The zero-order valence-corrected chi connectivity index (χ0v) is 15.5. The molecule has 0 radical (unpaired) electrons. The van der Waals surface area contributed by atoms with Crippen LogP contribution in [0.15, 0.2) is 29.2 Å². The van der Waals surface area contributed by atoms with Crippen molar-refractivity contribution in [1.82, 2.24) is 4.90 Å². The number of hydrogen-bond donors (Lipinski definition) is 0. The van der Waals surface area contributed by atoms with E-state index >= 15 is 0 Å². The lowest BCUT2D eigenvalue weighted by atomic mass is 10.3. The number of thioether (sulfide) groups is 1. The molecule has 1 aromatic carbocycles. The van der Waals surface area contributed by atoms with Gasteiger partial charge in [-0.3, -0.25) is 4.79 Å². The third-order valence-electron chi connectivity index (χ3n) is 2.46. The maximum atomic E-state index is 12.4. The molecule has 2 atom stereocenters. The van der Waals surface area contributed by atoms with Crippen LogP contribution in [0.4, 0.5) is 4.79 Å². The van der Waals surface area contributed by atoms with Crippen LogP contribution in [0.5, 0.6) is 0 Å². The fraction of sp³-hybridized carbons (Fsp3) is 0.462. The molecule has 118 valence electrons. The normalized spacial score (nSPS) is 13.8. The van der Waals surface area contributed by atoms with E-state index in [0.29, 0.717) is 23.0 Å². The average Bonchev–Trinajstić information content (AvgIpc) is 2.48. The molecule has 2 nitrogen and oxygen atoms in total. The van der Waals surface area contributed by atoms with E-state index in [1.165, 1.54) is 0 Å². The molecule has 0 bridgehead atoms. The van der Waals surface area contributed by atoms with Gasteiger partial charge >= 0.3 is 0 Å². The third-order valence-corrected chi connectivity index (χ3v) is 5.56. The molecule has 0 saturated carbocycles. The lowest BCUT2D eigenvalue weighted by Gasteiger charge is -2.25. The second-order valence-electron chi connectivity index (χ2n) is 4.21. The minimum absolute atomic E-state index is 0.186.